The molecule has 0 atom stereocenters. The summed E-state index contributed by atoms with van der Waals surface area (Å²) in [4.78, 5) is 27.3. The number of carbonyl (C=O) groups excluding carboxylic acids is 2. The van der Waals surface area contributed by atoms with Crippen LogP contribution in [-0.2, 0) is 9.59 Å². The lowest BCUT2D eigenvalue weighted by atomic mass is 10.2. The number of hydrogen-bond donors (Lipinski definition) is 1. The van der Waals surface area contributed by atoms with Crippen LogP contribution in [-0.4, -0.2) is 29.9 Å². The quantitative estimate of drug-likeness (QED) is 0.271. The predicted octanol–water partition coefficient (Wildman–Crippen LogP) is 6.19. The van der Waals surface area contributed by atoms with Crippen molar-refractivity contribution in [1.82, 2.24) is 0 Å². The van der Waals surface area contributed by atoms with Crippen LogP contribution in [0.4, 0.5) is 11.4 Å². The van der Waals surface area contributed by atoms with Gasteiger partial charge in [-0.1, -0.05) is 69.7 Å². The predicted molar refractivity (Wildman–Crippen MR) is 148 cm³/mol. The van der Waals surface area contributed by atoms with Gasteiger partial charge in [0.25, 0.3) is 11.8 Å². The number of nitrogens with zero attached hydrogens (tertiary/aromatic N) is 1. The molecule has 3 aromatic rings. The van der Waals surface area contributed by atoms with E-state index in [1.807, 2.05) is 55.5 Å². The van der Waals surface area contributed by atoms with Crippen molar-refractivity contribution in [2.45, 2.75) is 6.92 Å². The molecule has 3 aromatic carbocycles. The van der Waals surface area contributed by atoms with Crippen molar-refractivity contribution in [3.63, 3.8) is 0 Å². The molecule has 1 fully saturated rings. The molecule has 2 amide bonds. The van der Waals surface area contributed by atoms with Crippen LogP contribution < -0.4 is 19.7 Å². The van der Waals surface area contributed by atoms with Crippen molar-refractivity contribution < 1.29 is 19.1 Å². The average Bonchev–Trinajstić information content (AvgIpc) is 3.12. The van der Waals surface area contributed by atoms with Crippen LogP contribution in [0.5, 0.6) is 11.5 Å². The largest absolute Gasteiger partial charge is 0.493 e. The third kappa shape index (κ3) is 6.11. The number of thioether (sulfide) groups is 1. The maximum absolute atomic E-state index is 13.0. The second-order valence-corrected chi connectivity index (χ2v) is 10.2. The molecule has 0 unspecified atom stereocenters. The summed E-state index contributed by atoms with van der Waals surface area (Å²) in [6.07, 6.45) is 1.76. The lowest BCUT2D eigenvalue weighted by Gasteiger charge is -2.14. The zero-order valence-electron chi connectivity index (χ0n) is 18.9. The molecule has 9 heteroatoms. The fourth-order valence-corrected chi connectivity index (χ4v) is 5.01. The minimum atomic E-state index is -0.281. The number of anilines is 2. The van der Waals surface area contributed by atoms with Gasteiger partial charge in [-0.15, -0.1) is 0 Å². The fraction of sp³-hybridized carbons (Fsp3) is 0.115. The lowest BCUT2D eigenvalue weighted by molar-refractivity contribution is -0.118. The summed E-state index contributed by atoms with van der Waals surface area (Å²) in [6.45, 7) is 1.81. The Kier molecular flexibility index (Phi) is 7.90. The minimum absolute atomic E-state index is 0.172. The first-order valence-corrected chi connectivity index (χ1v) is 12.6. The summed E-state index contributed by atoms with van der Waals surface area (Å²) in [5, 5.41) is 2.79. The van der Waals surface area contributed by atoms with Gasteiger partial charge in [0.15, 0.2) is 22.4 Å². The standard InChI is InChI=1S/C26H21BrN2O4S2/c1-16-6-9-19(10-7-16)28-24(30)15-33-21-11-8-17(12-22(21)32-2)13-23-25(31)29(26(34)35-23)20-5-3-4-18(27)14-20/h3-14H,15H2,1-2H3,(H,28,30)/b23-13+. The molecule has 1 heterocycles. The van der Waals surface area contributed by atoms with Crippen LogP contribution >= 0.6 is 39.9 Å². The normalized spacial score (nSPS) is 14.4. The number of rotatable bonds is 7. The van der Waals surface area contributed by atoms with Crippen molar-refractivity contribution in [2.24, 2.45) is 0 Å². The van der Waals surface area contributed by atoms with Crippen molar-refractivity contribution in [3.05, 3.63) is 87.2 Å². The minimum Gasteiger partial charge on any atom is -0.493 e. The summed E-state index contributed by atoms with van der Waals surface area (Å²) in [6, 6.07) is 20.2. The highest BCUT2D eigenvalue weighted by Crippen LogP contribution is 2.37. The number of thiocarbonyl (C=S) groups is 1. The molecule has 4 rings (SSSR count). The number of halogens is 1. The van der Waals surface area contributed by atoms with Crippen LogP contribution in [0.3, 0.4) is 0 Å². The Labute approximate surface area is 221 Å². The molecule has 0 aromatic heterocycles. The van der Waals surface area contributed by atoms with Crippen LogP contribution in [0.15, 0.2) is 76.1 Å². The average molecular weight is 570 g/mol. The maximum Gasteiger partial charge on any atom is 0.270 e. The maximum atomic E-state index is 13.0. The molecule has 0 saturated carbocycles. The molecule has 35 heavy (non-hydrogen) atoms. The number of benzene rings is 3. The molecule has 0 spiro atoms. The highest BCUT2D eigenvalue weighted by atomic mass is 79.9. The molecular formula is C26H21BrN2O4S2. The summed E-state index contributed by atoms with van der Waals surface area (Å²) in [7, 11) is 1.52. The highest BCUT2D eigenvalue weighted by molar-refractivity contribution is 9.10. The van der Waals surface area contributed by atoms with E-state index in [1.54, 1.807) is 24.3 Å². The molecule has 1 N–H and O–H groups in total. The van der Waals surface area contributed by atoms with Crippen molar-refractivity contribution >= 4 is 73.5 Å². The first-order valence-electron chi connectivity index (χ1n) is 10.5. The number of aryl methyl sites for hydroxylation is 1. The Morgan fingerprint density at radius 2 is 1.89 bits per heavy atom. The van der Waals surface area contributed by atoms with Gasteiger partial charge in [0.2, 0.25) is 0 Å². The van der Waals surface area contributed by atoms with E-state index >= 15 is 0 Å². The Hall–Kier alpha value is -3.14. The second kappa shape index (κ2) is 11.1. The second-order valence-electron chi connectivity index (χ2n) is 7.61. The number of amides is 2. The Morgan fingerprint density at radius 3 is 2.60 bits per heavy atom. The number of hydrogen-bond acceptors (Lipinski definition) is 6. The molecule has 1 saturated heterocycles. The topological polar surface area (TPSA) is 67.9 Å². The molecule has 6 nitrogen and oxygen atoms in total. The van der Waals surface area contributed by atoms with Gasteiger partial charge in [-0.2, -0.15) is 0 Å². The van der Waals surface area contributed by atoms with Gasteiger partial charge in [0.05, 0.1) is 17.7 Å². The van der Waals surface area contributed by atoms with Crippen molar-refractivity contribution in [3.8, 4) is 11.5 Å². The fourth-order valence-electron chi connectivity index (χ4n) is 3.33. The summed E-state index contributed by atoms with van der Waals surface area (Å²) < 4.78 is 12.4. The number of nitrogens with one attached hydrogen (secondary N) is 1. The van der Waals surface area contributed by atoms with Crippen LogP contribution in [0.25, 0.3) is 6.08 Å². The van der Waals surface area contributed by atoms with E-state index in [2.05, 4.69) is 21.2 Å². The van der Waals surface area contributed by atoms with Crippen molar-refractivity contribution in [2.75, 3.05) is 23.9 Å². The molecular weight excluding hydrogens is 548 g/mol. The van der Waals surface area contributed by atoms with Crippen LogP contribution in [0, 0.1) is 6.92 Å². The Balaban J connectivity index is 1.45. The molecule has 0 bridgehead atoms. The third-order valence-electron chi connectivity index (χ3n) is 5.04. The monoisotopic (exact) mass is 568 g/mol. The Morgan fingerprint density at radius 1 is 1.11 bits per heavy atom. The van der Waals surface area contributed by atoms with Gasteiger partial charge in [0.1, 0.15) is 0 Å². The smallest absolute Gasteiger partial charge is 0.270 e. The number of carbonyl (C=O) groups is 2. The van der Waals surface area contributed by atoms with Gasteiger partial charge in [-0.3, -0.25) is 14.5 Å². The van der Waals surface area contributed by atoms with Crippen LogP contribution in [0.1, 0.15) is 11.1 Å². The third-order valence-corrected chi connectivity index (χ3v) is 6.84. The zero-order chi connectivity index (χ0) is 24.9. The number of ether oxygens (including phenoxy) is 2. The van der Waals surface area contributed by atoms with Crippen molar-refractivity contribution in [1.29, 1.82) is 0 Å². The lowest BCUT2D eigenvalue weighted by Crippen LogP contribution is -2.27. The van der Waals surface area contributed by atoms with E-state index < -0.39 is 0 Å². The van der Waals surface area contributed by atoms with E-state index in [1.165, 1.54) is 23.8 Å². The van der Waals surface area contributed by atoms with Gasteiger partial charge in [-0.05, 0) is 61.0 Å². The van der Waals surface area contributed by atoms with E-state index in [0.29, 0.717) is 32.1 Å². The molecule has 1 aliphatic rings. The van der Waals surface area contributed by atoms with Crippen LogP contribution in [0.2, 0.25) is 0 Å². The van der Waals surface area contributed by atoms with E-state index in [9.17, 15) is 9.59 Å². The Bertz CT molecular complexity index is 1330. The number of methoxy groups -OCH3 is 1. The molecule has 0 aliphatic carbocycles. The highest BCUT2D eigenvalue weighted by Gasteiger charge is 2.33. The van der Waals surface area contributed by atoms with Gasteiger partial charge < -0.3 is 14.8 Å². The van der Waals surface area contributed by atoms with E-state index in [4.69, 9.17) is 21.7 Å². The summed E-state index contributed by atoms with van der Waals surface area (Å²) in [5.74, 6) is 0.399. The molecule has 178 valence electrons. The summed E-state index contributed by atoms with van der Waals surface area (Å²) >= 11 is 10.1. The van der Waals surface area contributed by atoms with E-state index in [-0.39, 0.29) is 18.4 Å². The first-order chi connectivity index (χ1) is 16.8. The summed E-state index contributed by atoms with van der Waals surface area (Å²) in [5.41, 5.74) is 3.26. The van der Waals surface area contributed by atoms with Gasteiger partial charge >= 0.3 is 0 Å². The van der Waals surface area contributed by atoms with Gasteiger partial charge in [-0.25, -0.2) is 0 Å². The zero-order valence-corrected chi connectivity index (χ0v) is 22.1. The van der Waals surface area contributed by atoms with Gasteiger partial charge in [0, 0.05) is 10.2 Å². The van der Waals surface area contributed by atoms with E-state index in [0.717, 1.165) is 15.6 Å². The molecule has 0 radical (unpaired) electrons. The SMILES string of the molecule is COc1cc(/C=C2/SC(=S)N(c3cccc(Br)c3)C2=O)ccc1OCC(=O)Nc1ccc(C)cc1. The molecule has 1 aliphatic heterocycles. The first kappa shape index (κ1) is 25.0.